The van der Waals surface area contributed by atoms with E-state index in [1.807, 2.05) is 6.92 Å². The van der Waals surface area contributed by atoms with Gasteiger partial charge in [-0.25, -0.2) is 9.69 Å². The van der Waals surface area contributed by atoms with Crippen LogP contribution in [0, 0.1) is 11.8 Å². The third kappa shape index (κ3) is 11.0. The number of rotatable bonds is 19. The normalized spacial score (nSPS) is 23.8. The highest BCUT2D eigenvalue weighted by atomic mass is 16.5. The Balaban J connectivity index is 1.22. The van der Waals surface area contributed by atoms with Gasteiger partial charge in [-0.1, -0.05) is 19.8 Å². The number of aliphatic hydroxyl groups excluding tert-OH is 3. The van der Waals surface area contributed by atoms with Crippen molar-refractivity contribution in [1.29, 1.82) is 0 Å². The number of hydrogen-bond acceptors (Lipinski definition) is 10. The first-order valence-corrected chi connectivity index (χ1v) is 15.7. The number of ketones is 1. The monoisotopic (exact) mass is 633 g/mol. The van der Waals surface area contributed by atoms with Crippen molar-refractivity contribution in [1.82, 2.24) is 5.32 Å². The van der Waals surface area contributed by atoms with E-state index >= 15 is 0 Å². The van der Waals surface area contributed by atoms with Crippen molar-refractivity contribution in [2.45, 2.75) is 76.8 Å². The smallest absolute Gasteiger partial charge is 0.319 e. The molecule has 2 aliphatic heterocycles. The minimum Gasteiger partial charge on any atom is -0.394 e. The van der Waals surface area contributed by atoms with Gasteiger partial charge in [-0.2, -0.15) is 0 Å². The number of carbonyl (C=O) groups is 4. The maximum Gasteiger partial charge on any atom is 0.319 e. The second-order valence-electron chi connectivity index (χ2n) is 11.3. The molecule has 5 N–H and O–H groups in total. The molecule has 6 atom stereocenters. The van der Waals surface area contributed by atoms with Gasteiger partial charge in [0, 0.05) is 42.8 Å². The lowest BCUT2D eigenvalue weighted by atomic mass is 9.77. The van der Waals surface area contributed by atoms with E-state index in [1.165, 1.54) is 12.2 Å². The van der Waals surface area contributed by atoms with Crippen molar-refractivity contribution in [2.75, 3.05) is 49.8 Å². The predicted octanol–water partition coefficient (Wildman–Crippen LogP) is 1.93. The largest absolute Gasteiger partial charge is 0.394 e. The number of unbranched alkanes of at least 4 members (excludes halogenated alkanes) is 2. The van der Waals surface area contributed by atoms with Crippen LogP contribution >= 0.6 is 0 Å². The molecular formula is C32H47N3O10. The van der Waals surface area contributed by atoms with Gasteiger partial charge in [-0.3, -0.25) is 14.4 Å². The molecule has 0 radical (unpaired) electrons. The molecule has 1 saturated heterocycles. The van der Waals surface area contributed by atoms with Gasteiger partial charge in [-0.15, -0.1) is 0 Å². The van der Waals surface area contributed by atoms with Crippen molar-refractivity contribution in [3.8, 4) is 0 Å². The lowest BCUT2D eigenvalue weighted by Gasteiger charge is -2.43. The zero-order valence-corrected chi connectivity index (χ0v) is 26.1. The molecule has 1 aromatic rings. The van der Waals surface area contributed by atoms with E-state index in [2.05, 4.69) is 10.6 Å². The molecule has 4 amide bonds. The molecule has 0 bridgehead atoms. The minimum absolute atomic E-state index is 0.0557. The number of nitrogens with one attached hydrogen (secondary N) is 2. The number of Topliss-reactive ketones (excluding diaryl/α,β-unsaturated/α-hetero) is 1. The highest BCUT2D eigenvalue weighted by Crippen LogP contribution is 2.34. The summed E-state index contributed by atoms with van der Waals surface area (Å²) < 4.78 is 17.1. The van der Waals surface area contributed by atoms with E-state index < -0.39 is 36.2 Å². The molecular weight excluding hydrogens is 586 g/mol. The zero-order valence-electron chi connectivity index (χ0n) is 26.1. The number of anilines is 2. The van der Waals surface area contributed by atoms with Crippen LogP contribution < -0.4 is 15.5 Å². The fourth-order valence-corrected chi connectivity index (χ4v) is 5.58. The van der Waals surface area contributed by atoms with Crippen molar-refractivity contribution in [3.05, 3.63) is 36.4 Å². The van der Waals surface area contributed by atoms with E-state index in [9.17, 15) is 34.5 Å². The Hall–Kier alpha value is -3.20. The van der Waals surface area contributed by atoms with Crippen molar-refractivity contribution < 1.29 is 48.7 Å². The first-order chi connectivity index (χ1) is 21.7. The second kappa shape index (κ2) is 18.7. The molecule has 0 aliphatic carbocycles. The summed E-state index contributed by atoms with van der Waals surface area (Å²) in [5, 5.41) is 36.0. The van der Waals surface area contributed by atoms with Crippen molar-refractivity contribution in [3.63, 3.8) is 0 Å². The number of benzene rings is 1. The number of aliphatic hydroxyl groups is 3. The summed E-state index contributed by atoms with van der Waals surface area (Å²) in [6, 6.07) is 5.94. The van der Waals surface area contributed by atoms with Crippen LogP contribution in [0.5, 0.6) is 0 Å². The Labute approximate surface area is 263 Å². The van der Waals surface area contributed by atoms with Crippen LogP contribution in [0.25, 0.3) is 0 Å². The Morgan fingerprint density at radius 1 is 0.933 bits per heavy atom. The molecule has 13 nitrogen and oxygen atoms in total. The van der Waals surface area contributed by atoms with Crippen LogP contribution in [0.1, 0.15) is 52.4 Å². The number of urea groups is 1. The van der Waals surface area contributed by atoms with Gasteiger partial charge in [0.15, 0.2) is 0 Å². The Morgan fingerprint density at radius 3 is 2.22 bits per heavy atom. The maximum atomic E-state index is 12.1. The van der Waals surface area contributed by atoms with Gasteiger partial charge in [0.2, 0.25) is 0 Å². The van der Waals surface area contributed by atoms with Crippen LogP contribution in [0.4, 0.5) is 16.2 Å². The SMILES string of the molecule is CCC(C[C@H]1[C@@H](CCCCCOCCOCCNC(=O)Nc2ccc(N3C(=O)C=CC3=O)cc2)O[C@H](CO)C(O)[C@@H]1O)C(C)=O. The predicted molar refractivity (Wildman–Crippen MR) is 166 cm³/mol. The summed E-state index contributed by atoms with van der Waals surface area (Å²) in [6.45, 7) is 5.04. The summed E-state index contributed by atoms with van der Waals surface area (Å²) in [6.07, 6.45) is 3.22. The molecule has 0 spiro atoms. The highest BCUT2D eigenvalue weighted by Gasteiger charge is 2.44. The standard InChI is InChI=1S/C32H47N3O10/c1-3-22(21(2)37)19-25-26(45-27(20-36)31(41)30(25)40)7-5-4-6-15-43-17-18-44-16-14-33-32(42)34-23-8-10-24(11-9-23)35-28(38)12-13-29(35)39/h8-13,22,25-27,30-31,36,40-41H,3-7,14-20H2,1-2H3,(H2,33,34,42)/t22?,25-,26+,27+,30+,31?/m0/s1. The zero-order chi connectivity index (χ0) is 32.8. The first kappa shape index (κ1) is 36.3. The van der Waals surface area contributed by atoms with E-state index in [0.717, 1.165) is 24.2 Å². The third-order valence-electron chi connectivity index (χ3n) is 8.17. The first-order valence-electron chi connectivity index (χ1n) is 15.7. The molecule has 1 aromatic carbocycles. The Kier molecular flexibility index (Phi) is 15.1. The summed E-state index contributed by atoms with van der Waals surface area (Å²) in [5.41, 5.74) is 0.929. The number of amides is 4. The number of hydrogen-bond donors (Lipinski definition) is 5. The quantitative estimate of drug-likeness (QED) is 0.111. The molecule has 0 aromatic heterocycles. The average Bonchev–Trinajstić information content (AvgIpc) is 3.36. The van der Waals surface area contributed by atoms with Gasteiger partial charge in [-0.05, 0) is 56.9 Å². The fourth-order valence-electron chi connectivity index (χ4n) is 5.58. The lowest BCUT2D eigenvalue weighted by molar-refractivity contribution is -0.213. The number of imide groups is 1. The molecule has 13 heteroatoms. The molecule has 2 unspecified atom stereocenters. The van der Waals surface area contributed by atoms with Crippen LogP contribution in [-0.4, -0.2) is 103 Å². The van der Waals surface area contributed by atoms with E-state index in [0.29, 0.717) is 63.6 Å². The summed E-state index contributed by atoms with van der Waals surface area (Å²) >= 11 is 0. The molecule has 0 saturated carbocycles. The van der Waals surface area contributed by atoms with Crippen molar-refractivity contribution >= 4 is 35.0 Å². The topological polar surface area (TPSA) is 184 Å². The van der Waals surface area contributed by atoms with Crippen LogP contribution in [0.2, 0.25) is 0 Å². The molecule has 2 heterocycles. The van der Waals surface area contributed by atoms with Gasteiger partial charge < -0.3 is 40.2 Å². The lowest BCUT2D eigenvalue weighted by Crippen LogP contribution is -2.56. The average molecular weight is 634 g/mol. The van der Waals surface area contributed by atoms with Gasteiger partial charge in [0.1, 0.15) is 18.0 Å². The Morgan fingerprint density at radius 2 is 1.60 bits per heavy atom. The number of carbonyl (C=O) groups excluding carboxylic acids is 4. The molecule has 2 aliphatic rings. The minimum atomic E-state index is -1.19. The number of ether oxygens (including phenoxy) is 3. The van der Waals surface area contributed by atoms with Gasteiger partial charge in [0.05, 0.1) is 44.3 Å². The van der Waals surface area contributed by atoms with Gasteiger partial charge in [0.25, 0.3) is 11.8 Å². The fraction of sp³-hybridized carbons (Fsp3) is 0.625. The maximum absolute atomic E-state index is 12.1. The van der Waals surface area contributed by atoms with E-state index in [-0.39, 0.29) is 30.3 Å². The second-order valence-corrected chi connectivity index (χ2v) is 11.3. The summed E-state index contributed by atoms with van der Waals surface area (Å²) in [7, 11) is 0. The van der Waals surface area contributed by atoms with Gasteiger partial charge >= 0.3 is 6.03 Å². The molecule has 250 valence electrons. The molecule has 1 fully saturated rings. The molecule has 45 heavy (non-hydrogen) atoms. The van der Waals surface area contributed by atoms with E-state index in [4.69, 9.17) is 14.2 Å². The van der Waals surface area contributed by atoms with Crippen LogP contribution in [-0.2, 0) is 28.6 Å². The third-order valence-corrected chi connectivity index (χ3v) is 8.17. The highest BCUT2D eigenvalue weighted by molar-refractivity contribution is 6.28. The summed E-state index contributed by atoms with van der Waals surface area (Å²) in [4.78, 5) is 48.6. The van der Waals surface area contributed by atoms with Crippen molar-refractivity contribution in [2.24, 2.45) is 11.8 Å². The number of nitrogens with zero attached hydrogens (tertiary/aromatic N) is 1. The van der Waals surface area contributed by atoms with Crippen LogP contribution in [0.15, 0.2) is 36.4 Å². The summed E-state index contributed by atoms with van der Waals surface area (Å²) in [5.74, 6) is -1.34. The molecule has 3 rings (SSSR count). The Bertz CT molecular complexity index is 1130. The van der Waals surface area contributed by atoms with Crippen LogP contribution in [0.3, 0.4) is 0 Å². The van der Waals surface area contributed by atoms with E-state index in [1.54, 1.807) is 31.2 Å².